The summed E-state index contributed by atoms with van der Waals surface area (Å²) < 4.78 is 26.3. The molecule has 176 valence electrons. The maximum Gasteiger partial charge on any atom is 0.413 e. The van der Waals surface area contributed by atoms with Crippen LogP contribution >= 0.6 is 0 Å². The SMILES string of the molecule is C/N=C\[C@@H]1CC[C@H]1OC(=O)Nc1cc2cc(-c3cnc4c(c3C)NCCO4)c(F)c(N)c2cn1. The third-order valence-corrected chi connectivity index (χ3v) is 6.33. The van der Waals surface area contributed by atoms with Gasteiger partial charge in [-0.1, -0.05) is 0 Å². The number of ether oxygens (including phenoxy) is 2. The molecule has 2 aromatic heterocycles. The van der Waals surface area contributed by atoms with Crippen LogP contribution in [-0.2, 0) is 4.74 Å². The number of amides is 1. The van der Waals surface area contributed by atoms with Gasteiger partial charge in [0.15, 0.2) is 5.82 Å². The highest BCUT2D eigenvalue weighted by Gasteiger charge is 2.33. The number of halogens is 1. The van der Waals surface area contributed by atoms with Gasteiger partial charge in [0.25, 0.3) is 0 Å². The summed E-state index contributed by atoms with van der Waals surface area (Å²) in [5, 5.41) is 6.98. The summed E-state index contributed by atoms with van der Waals surface area (Å²) in [6.45, 7) is 3.05. The average molecular weight is 465 g/mol. The number of nitrogens with two attached hydrogens (primary N) is 1. The van der Waals surface area contributed by atoms with E-state index in [9.17, 15) is 4.79 Å². The zero-order chi connectivity index (χ0) is 23.8. The van der Waals surface area contributed by atoms with Crippen LogP contribution < -0.4 is 21.1 Å². The lowest BCUT2D eigenvalue weighted by atomic mass is 9.83. The van der Waals surface area contributed by atoms with Crippen molar-refractivity contribution in [2.24, 2.45) is 10.9 Å². The molecule has 2 aliphatic rings. The van der Waals surface area contributed by atoms with Crippen molar-refractivity contribution < 1.29 is 18.7 Å². The highest BCUT2D eigenvalue weighted by Crippen LogP contribution is 2.39. The molecule has 0 radical (unpaired) electrons. The van der Waals surface area contributed by atoms with E-state index >= 15 is 4.39 Å². The Kier molecular flexibility index (Phi) is 5.64. The Balaban J connectivity index is 1.45. The fraction of sp³-hybridized carbons (Fsp3) is 0.333. The van der Waals surface area contributed by atoms with Crippen molar-refractivity contribution in [1.82, 2.24) is 9.97 Å². The highest BCUT2D eigenvalue weighted by atomic mass is 19.1. The summed E-state index contributed by atoms with van der Waals surface area (Å²) in [6, 6.07) is 3.32. The van der Waals surface area contributed by atoms with Gasteiger partial charge in [0.2, 0.25) is 5.88 Å². The molecule has 1 aromatic carbocycles. The molecule has 1 amide bonds. The van der Waals surface area contributed by atoms with Crippen molar-refractivity contribution in [1.29, 1.82) is 0 Å². The fourth-order valence-electron chi connectivity index (χ4n) is 4.33. The lowest BCUT2D eigenvalue weighted by Crippen LogP contribution is -2.38. The first-order valence-electron chi connectivity index (χ1n) is 11.1. The Bertz CT molecular complexity index is 1310. The fourth-order valence-corrected chi connectivity index (χ4v) is 4.33. The van der Waals surface area contributed by atoms with E-state index in [1.54, 1.807) is 31.6 Å². The Morgan fingerprint density at radius 1 is 1.32 bits per heavy atom. The lowest BCUT2D eigenvalue weighted by molar-refractivity contribution is 0.0386. The smallest absolute Gasteiger partial charge is 0.413 e. The van der Waals surface area contributed by atoms with E-state index in [1.807, 2.05) is 6.92 Å². The van der Waals surface area contributed by atoms with Gasteiger partial charge >= 0.3 is 6.09 Å². The van der Waals surface area contributed by atoms with Crippen LogP contribution in [0.3, 0.4) is 0 Å². The first-order valence-corrected chi connectivity index (χ1v) is 11.1. The lowest BCUT2D eigenvalue weighted by Gasteiger charge is -2.32. The van der Waals surface area contributed by atoms with Gasteiger partial charge in [-0.3, -0.25) is 5.32 Å². The number of aromatic nitrogens is 2. The molecule has 0 unspecified atom stereocenters. The molecule has 5 rings (SSSR count). The summed E-state index contributed by atoms with van der Waals surface area (Å²) in [7, 11) is 1.70. The molecule has 34 heavy (non-hydrogen) atoms. The standard InChI is InChI=1S/C24H25FN6O3/c1-12-16(10-30-23-22(12)28-5-6-33-23)15-7-14-8-19(29-11-17(14)21(26)20(15)25)31-24(32)34-18-4-3-13(18)9-27-2/h7-11,13,18,28H,3-6,26H2,1-2H3,(H,29,31,32)/b27-9-/t13-,18+/m0/s1. The predicted octanol–water partition coefficient (Wildman–Crippen LogP) is 4.16. The van der Waals surface area contributed by atoms with Crippen LogP contribution in [0, 0.1) is 18.7 Å². The number of nitrogens with zero attached hydrogens (tertiary/aromatic N) is 3. The third kappa shape index (κ3) is 3.85. The van der Waals surface area contributed by atoms with Crippen LogP contribution in [0.4, 0.5) is 26.4 Å². The van der Waals surface area contributed by atoms with Crippen LogP contribution in [0.25, 0.3) is 21.9 Å². The number of nitrogens with one attached hydrogen (secondary N) is 2. The van der Waals surface area contributed by atoms with Gasteiger partial charge in [-0.2, -0.15) is 0 Å². The van der Waals surface area contributed by atoms with Crippen LogP contribution in [0.2, 0.25) is 0 Å². The number of rotatable bonds is 4. The molecule has 0 saturated heterocycles. The Morgan fingerprint density at radius 2 is 2.18 bits per heavy atom. The van der Waals surface area contributed by atoms with Gasteiger partial charge in [-0.15, -0.1) is 0 Å². The van der Waals surface area contributed by atoms with E-state index in [-0.39, 0.29) is 23.5 Å². The van der Waals surface area contributed by atoms with Crippen molar-refractivity contribution in [3.63, 3.8) is 0 Å². The van der Waals surface area contributed by atoms with Gasteiger partial charge in [-0.05, 0) is 42.8 Å². The zero-order valence-corrected chi connectivity index (χ0v) is 18.9. The van der Waals surface area contributed by atoms with E-state index in [0.717, 1.165) is 24.1 Å². The molecule has 1 aliphatic carbocycles. The van der Waals surface area contributed by atoms with E-state index in [0.29, 0.717) is 40.9 Å². The monoisotopic (exact) mass is 464 g/mol. The Morgan fingerprint density at radius 3 is 2.94 bits per heavy atom. The molecular weight excluding hydrogens is 439 g/mol. The number of nitrogen functional groups attached to an aromatic ring is 1. The number of aliphatic imine (C=N–C) groups is 1. The molecule has 3 heterocycles. The minimum absolute atomic E-state index is 0.0216. The number of benzene rings is 1. The second kappa shape index (κ2) is 8.77. The number of pyridine rings is 2. The zero-order valence-electron chi connectivity index (χ0n) is 18.9. The molecule has 10 heteroatoms. The summed E-state index contributed by atoms with van der Waals surface area (Å²) in [5.74, 6) is 0.364. The van der Waals surface area contributed by atoms with Crippen molar-refractivity contribution >= 4 is 40.3 Å². The second-order valence-corrected chi connectivity index (χ2v) is 8.41. The number of hydrogen-bond donors (Lipinski definition) is 3. The normalized spacial score (nSPS) is 19.1. The summed E-state index contributed by atoms with van der Waals surface area (Å²) in [4.78, 5) is 24.9. The topological polar surface area (TPSA) is 124 Å². The van der Waals surface area contributed by atoms with Crippen molar-refractivity contribution in [2.75, 3.05) is 36.6 Å². The minimum atomic E-state index is -0.595. The summed E-state index contributed by atoms with van der Waals surface area (Å²) >= 11 is 0. The van der Waals surface area contributed by atoms with Crippen LogP contribution in [-0.4, -0.2) is 48.6 Å². The van der Waals surface area contributed by atoms with E-state index in [2.05, 4.69) is 25.6 Å². The van der Waals surface area contributed by atoms with E-state index in [4.69, 9.17) is 15.2 Å². The van der Waals surface area contributed by atoms with Crippen molar-refractivity contribution in [2.45, 2.75) is 25.9 Å². The highest BCUT2D eigenvalue weighted by molar-refractivity contribution is 5.99. The second-order valence-electron chi connectivity index (χ2n) is 8.41. The molecule has 9 nitrogen and oxygen atoms in total. The minimum Gasteiger partial charge on any atom is -0.474 e. The number of anilines is 3. The summed E-state index contributed by atoms with van der Waals surface area (Å²) in [6.07, 6.45) is 5.76. The van der Waals surface area contributed by atoms with Crippen molar-refractivity contribution in [3.05, 3.63) is 35.9 Å². The molecule has 1 fully saturated rings. The van der Waals surface area contributed by atoms with Gasteiger partial charge in [0.1, 0.15) is 24.2 Å². The first kappa shape index (κ1) is 21.9. The van der Waals surface area contributed by atoms with E-state index in [1.165, 1.54) is 6.20 Å². The van der Waals surface area contributed by atoms with Crippen molar-refractivity contribution in [3.8, 4) is 17.0 Å². The molecule has 3 aromatic rings. The molecule has 4 N–H and O–H groups in total. The van der Waals surface area contributed by atoms with Gasteiger partial charge in [0.05, 0.1) is 5.69 Å². The molecular formula is C24H25FN6O3. The average Bonchev–Trinajstić information content (AvgIpc) is 2.83. The Hall–Kier alpha value is -3.95. The molecule has 2 atom stereocenters. The van der Waals surface area contributed by atoms with Gasteiger partial charge in [0, 0.05) is 54.6 Å². The Labute approximate surface area is 195 Å². The summed E-state index contributed by atoms with van der Waals surface area (Å²) in [5.41, 5.74) is 8.56. The van der Waals surface area contributed by atoms with Gasteiger partial charge in [-0.25, -0.2) is 19.2 Å². The molecule has 0 bridgehead atoms. The first-order chi connectivity index (χ1) is 16.5. The largest absolute Gasteiger partial charge is 0.474 e. The number of carbonyl (C=O) groups excluding carboxylic acids is 1. The maximum atomic E-state index is 15.3. The third-order valence-electron chi connectivity index (χ3n) is 6.33. The van der Waals surface area contributed by atoms with E-state index < -0.39 is 11.9 Å². The molecule has 1 saturated carbocycles. The quantitative estimate of drug-likeness (QED) is 0.391. The maximum absolute atomic E-state index is 15.3. The molecule has 0 spiro atoms. The van der Waals surface area contributed by atoms with Crippen LogP contribution in [0.5, 0.6) is 5.88 Å². The molecule has 1 aliphatic heterocycles. The number of fused-ring (bicyclic) bond motifs is 2. The van der Waals surface area contributed by atoms with Crippen LogP contribution in [0.15, 0.2) is 29.5 Å². The van der Waals surface area contributed by atoms with Gasteiger partial charge < -0.3 is 25.5 Å². The number of hydrogen-bond acceptors (Lipinski definition) is 8. The van der Waals surface area contributed by atoms with Crippen LogP contribution in [0.1, 0.15) is 18.4 Å². The number of carbonyl (C=O) groups is 1. The predicted molar refractivity (Wildman–Crippen MR) is 129 cm³/mol.